The van der Waals surface area contributed by atoms with Crippen LogP contribution in [-0.4, -0.2) is 17.3 Å². The van der Waals surface area contributed by atoms with Crippen LogP contribution in [0.3, 0.4) is 0 Å². The number of aryl methyl sites for hydroxylation is 1. The number of hydrogen-bond donors (Lipinski definition) is 0. The van der Waals surface area contributed by atoms with Crippen molar-refractivity contribution in [2.75, 3.05) is 11.5 Å². The van der Waals surface area contributed by atoms with Gasteiger partial charge in [0.2, 0.25) is 0 Å². The minimum Gasteiger partial charge on any atom is -0.294 e. The summed E-state index contributed by atoms with van der Waals surface area (Å²) >= 11 is 1.95. The molecule has 0 amide bonds. The summed E-state index contributed by atoms with van der Waals surface area (Å²) in [6, 6.07) is 4.78. The number of rotatable bonds is 3. The molecule has 0 aromatic heterocycles. The Morgan fingerprint density at radius 3 is 2.76 bits per heavy atom. The number of hydrogen-bond acceptors (Lipinski definition) is 2. The van der Waals surface area contributed by atoms with Crippen molar-refractivity contribution >= 4 is 17.5 Å². The summed E-state index contributed by atoms with van der Waals surface area (Å²) in [5.74, 6) is 2.60. The van der Waals surface area contributed by atoms with Crippen molar-refractivity contribution < 1.29 is 9.18 Å². The molecular weight excluding hydrogens is 235 g/mol. The Balaban J connectivity index is 2.01. The summed E-state index contributed by atoms with van der Waals surface area (Å²) in [7, 11) is 0. The molecule has 1 aromatic rings. The lowest BCUT2D eigenvalue weighted by molar-refractivity contribution is 0.0958. The topological polar surface area (TPSA) is 17.1 Å². The van der Waals surface area contributed by atoms with Gasteiger partial charge in [0.05, 0.1) is 0 Å². The number of halogens is 1. The number of Topliss-reactive ketones (excluding diaryl/α,β-unsaturated/α-hetero) is 1. The number of thioether (sulfide) groups is 1. The summed E-state index contributed by atoms with van der Waals surface area (Å²) < 4.78 is 13.4. The lowest BCUT2D eigenvalue weighted by atomic mass is 9.93. The predicted molar refractivity (Wildman–Crippen MR) is 70.1 cm³/mol. The third-order valence-corrected chi connectivity index (χ3v) is 4.36. The standard InChI is InChI=1S/C14H17FOS/c1-10-2-3-12(9-13(10)15)14(16)8-11-4-6-17-7-5-11/h2-3,9,11H,4-8H2,1H3. The molecule has 17 heavy (non-hydrogen) atoms. The average molecular weight is 252 g/mol. The van der Waals surface area contributed by atoms with Crippen LogP contribution in [0.25, 0.3) is 0 Å². The van der Waals surface area contributed by atoms with Crippen molar-refractivity contribution in [3.8, 4) is 0 Å². The Bertz CT molecular complexity index is 411. The van der Waals surface area contributed by atoms with Crippen LogP contribution < -0.4 is 0 Å². The maximum absolute atomic E-state index is 13.4. The Morgan fingerprint density at radius 1 is 1.41 bits per heavy atom. The third-order valence-electron chi connectivity index (χ3n) is 3.31. The van der Waals surface area contributed by atoms with Crippen molar-refractivity contribution in [2.24, 2.45) is 5.92 Å². The van der Waals surface area contributed by atoms with Crippen LogP contribution in [0.2, 0.25) is 0 Å². The molecule has 3 heteroatoms. The maximum atomic E-state index is 13.4. The van der Waals surface area contributed by atoms with Gasteiger partial charge in [-0.1, -0.05) is 12.1 Å². The van der Waals surface area contributed by atoms with E-state index in [1.165, 1.54) is 6.07 Å². The largest absolute Gasteiger partial charge is 0.294 e. The van der Waals surface area contributed by atoms with Crippen molar-refractivity contribution in [2.45, 2.75) is 26.2 Å². The molecular formula is C14H17FOS. The minimum atomic E-state index is -0.282. The second-order valence-electron chi connectivity index (χ2n) is 4.65. The minimum absolute atomic E-state index is 0.0841. The lowest BCUT2D eigenvalue weighted by Crippen LogP contribution is -2.14. The fourth-order valence-corrected chi connectivity index (χ4v) is 3.30. The molecule has 1 heterocycles. The highest BCUT2D eigenvalue weighted by Gasteiger charge is 2.18. The highest BCUT2D eigenvalue weighted by Crippen LogP contribution is 2.26. The number of carbonyl (C=O) groups excluding carboxylic acids is 1. The molecule has 0 unspecified atom stereocenters. The first-order valence-electron chi connectivity index (χ1n) is 6.04. The van der Waals surface area contributed by atoms with E-state index in [0.29, 0.717) is 23.5 Å². The first-order chi connectivity index (χ1) is 8.16. The van der Waals surface area contributed by atoms with E-state index in [9.17, 15) is 9.18 Å². The van der Waals surface area contributed by atoms with Gasteiger partial charge >= 0.3 is 0 Å². The van der Waals surface area contributed by atoms with Gasteiger partial charge in [0.25, 0.3) is 0 Å². The molecule has 0 aliphatic carbocycles. The maximum Gasteiger partial charge on any atom is 0.163 e. The van der Waals surface area contributed by atoms with Gasteiger partial charge in [-0.3, -0.25) is 4.79 Å². The molecule has 1 aliphatic rings. The van der Waals surface area contributed by atoms with Gasteiger partial charge in [-0.05, 0) is 48.8 Å². The van der Waals surface area contributed by atoms with Crippen molar-refractivity contribution in [3.63, 3.8) is 0 Å². The second kappa shape index (κ2) is 5.67. The summed E-state index contributed by atoms with van der Waals surface area (Å²) in [5, 5.41) is 0. The zero-order valence-electron chi connectivity index (χ0n) is 10.0. The van der Waals surface area contributed by atoms with Gasteiger partial charge in [0.15, 0.2) is 5.78 Å². The molecule has 92 valence electrons. The smallest absolute Gasteiger partial charge is 0.163 e. The molecule has 1 nitrogen and oxygen atoms in total. The number of ketones is 1. The molecule has 1 aliphatic heterocycles. The van der Waals surface area contributed by atoms with Crippen molar-refractivity contribution in [3.05, 3.63) is 35.1 Å². The molecule has 1 aromatic carbocycles. The van der Waals surface area contributed by atoms with Gasteiger partial charge in [-0.2, -0.15) is 11.8 Å². The van der Waals surface area contributed by atoms with Crippen molar-refractivity contribution in [1.29, 1.82) is 0 Å². The highest BCUT2D eigenvalue weighted by atomic mass is 32.2. The molecule has 1 saturated heterocycles. The van der Waals surface area contributed by atoms with Crippen LogP contribution in [0.1, 0.15) is 35.2 Å². The molecule has 0 saturated carbocycles. The van der Waals surface area contributed by atoms with E-state index < -0.39 is 0 Å². The van der Waals surface area contributed by atoms with E-state index in [-0.39, 0.29) is 11.6 Å². The van der Waals surface area contributed by atoms with E-state index in [2.05, 4.69) is 0 Å². The van der Waals surface area contributed by atoms with Gasteiger partial charge < -0.3 is 0 Å². The highest BCUT2D eigenvalue weighted by molar-refractivity contribution is 7.99. The zero-order chi connectivity index (χ0) is 12.3. The number of carbonyl (C=O) groups is 1. The van der Waals surface area contributed by atoms with Crippen LogP contribution >= 0.6 is 11.8 Å². The summed E-state index contributed by atoms with van der Waals surface area (Å²) in [4.78, 5) is 12.0. The lowest BCUT2D eigenvalue weighted by Gasteiger charge is -2.20. The molecule has 0 spiro atoms. The first-order valence-corrected chi connectivity index (χ1v) is 7.19. The van der Waals surface area contributed by atoms with Crippen LogP contribution in [0.5, 0.6) is 0 Å². The third kappa shape index (κ3) is 3.32. The van der Waals surface area contributed by atoms with Gasteiger partial charge in [0.1, 0.15) is 5.82 Å². The van der Waals surface area contributed by atoms with Crippen LogP contribution in [-0.2, 0) is 0 Å². The average Bonchev–Trinajstić information content (AvgIpc) is 2.34. The molecule has 0 N–H and O–H groups in total. The Kier molecular flexibility index (Phi) is 4.21. The van der Waals surface area contributed by atoms with Crippen molar-refractivity contribution in [1.82, 2.24) is 0 Å². The summed E-state index contributed by atoms with van der Waals surface area (Å²) in [6.07, 6.45) is 2.80. The van der Waals surface area contributed by atoms with Gasteiger partial charge in [-0.25, -0.2) is 4.39 Å². The van der Waals surface area contributed by atoms with E-state index in [4.69, 9.17) is 0 Å². The zero-order valence-corrected chi connectivity index (χ0v) is 10.9. The van der Waals surface area contributed by atoms with Crippen LogP contribution in [0.4, 0.5) is 4.39 Å². The fraction of sp³-hybridized carbons (Fsp3) is 0.500. The molecule has 0 bridgehead atoms. The van der Waals surface area contributed by atoms with E-state index in [0.717, 1.165) is 24.3 Å². The molecule has 1 fully saturated rings. The first kappa shape index (κ1) is 12.6. The Labute approximate surface area is 106 Å². The van der Waals surface area contributed by atoms with E-state index in [1.54, 1.807) is 19.1 Å². The Hall–Kier alpha value is -0.830. The number of benzene rings is 1. The van der Waals surface area contributed by atoms with E-state index >= 15 is 0 Å². The van der Waals surface area contributed by atoms with Gasteiger partial charge in [-0.15, -0.1) is 0 Å². The van der Waals surface area contributed by atoms with E-state index in [1.807, 2.05) is 11.8 Å². The van der Waals surface area contributed by atoms with Crippen LogP contribution in [0, 0.1) is 18.7 Å². The second-order valence-corrected chi connectivity index (χ2v) is 5.87. The summed E-state index contributed by atoms with van der Waals surface area (Å²) in [5.41, 5.74) is 1.11. The molecule has 0 atom stereocenters. The van der Waals surface area contributed by atoms with Gasteiger partial charge in [0, 0.05) is 12.0 Å². The molecule has 2 rings (SSSR count). The monoisotopic (exact) mass is 252 g/mol. The SMILES string of the molecule is Cc1ccc(C(=O)CC2CCSCC2)cc1F. The quantitative estimate of drug-likeness (QED) is 0.760. The van der Waals surface area contributed by atoms with Crippen LogP contribution in [0.15, 0.2) is 18.2 Å². The normalized spacial score (nSPS) is 17.1. The fourth-order valence-electron chi connectivity index (χ4n) is 2.10. The summed E-state index contributed by atoms with van der Waals surface area (Å²) in [6.45, 7) is 1.71. The molecule has 0 radical (unpaired) electrons. The predicted octanol–water partition coefficient (Wildman–Crippen LogP) is 3.85. The Morgan fingerprint density at radius 2 is 2.12 bits per heavy atom.